The molecule has 0 aliphatic carbocycles. The summed E-state index contributed by atoms with van der Waals surface area (Å²) in [6.07, 6.45) is 1.60. The van der Waals surface area contributed by atoms with Gasteiger partial charge in [0.1, 0.15) is 18.1 Å². The maximum atomic E-state index is 13.0. The average Bonchev–Trinajstić information content (AvgIpc) is 2.74. The Balaban J connectivity index is 5.51. The highest BCUT2D eigenvalue weighted by Crippen LogP contribution is 2.11. The third-order valence-electron chi connectivity index (χ3n) is 5.46. The minimum Gasteiger partial charge on any atom is -0.480 e. The van der Waals surface area contributed by atoms with E-state index in [1.54, 1.807) is 6.92 Å². The number of amides is 4. The molecule has 5 atom stereocenters. The van der Waals surface area contributed by atoms with E-state index in [1.165, 1.54) is 0 Å². The van der Waals surface area contributed by atoms with E-state index in [2.05, 4.69) is 16.0 Å². The molecule has 0 heterocycles. The van der Waals surface area contributed by atoms with Crippen LogP contribution in [0, 0.1) is 11.8 Å². The number of nitrogens with two attached hydrogens (primary N) is 3. The first kappa shape index (κ1) is 31.3. The van der Waals surface area contributed by atoms with Crippen molar-refractivity contribution in [1.82, 2.24) is 16.0 Å². The van der Waals surface area contributed by atoms with E-state index in [1.807, 2.05) is 20.8 Å². The van der Waals surface area contributed by atoms with E-state index >= 15 is 0 Å². The highest BCUT2D eigenvalue weighted by atomic mass is 16.4. The number of rotatable bonds is 17. The number of unbranched alkanes of at least 4 members (excludes halogenated alkanes) is 1. The molecule has 0 bridgehead atoms. The van der Waals surface area contributed by atoms with Crippen LogP contribution in [0.25, 0.3) is 0 Å². The largest absolute Gasteiger partial charge is 0.480 e. The first-order valence-corrected chi connectivity index (χ1v) is 11.7. The van der Waals surface area contributed by atoms with Crippen molar-refractivity contribution in [2.45, 2.75) is 90.4 Å². The zero-order valence-corrected chi connectivity index (χ0v) is 20.6. The van der Waals surface area contributed by atoms with Crippen LogP contribution in [-0.2, 0) is 24.0 Å². The van der Waals surface area contributed by atoms with Gasteiger partial charge in [-0.15, -0.1) is 0 Å². The van der Waals surface area contributed by atoms with Crippen LogP contribution < -0.4 is 33.2 Å². The van der Waals surface area contributed by atoms with E-state index in [-0.39, 0.29) is 18.3 Å². The smallest absolute Gasteiger partial charge is 0.326 e. The first-order chi connectivity index (χ1) is 15.8. The summed E-state index contributed by atoms with van der Waals surface area (Å²) in [5.74, 6) is -4.32. The zero-order chi connectivity index (χ0) is 26.4. The molecular weight excluding hydrogens is 444 g/mol. The Bertz CT molecular complexity index is 701. The van der Waals surface area contributed by atoms with Gasteiger partial charge in [-0.1, -0.05) is 34.1 Å². The molecule has 0 fully saturated rings. The zero-order valence-electron chi connectivity index (χ0n) is 20.6. The second-order valence-electron chi connectivity index (χ2n) is 9.02. The van der Waals surface area contributed by atoms with Crippen molar-refractivity contribution < 1.29 is 29.1 Å². The molecule has 196 valence electrons. The van der Waals surface area contributed by atoms with Crippen LogP contribution in [0.2, 0.25) is 0 Å². The Morgan fingerprint density at radius 2 is 1.47 bits per heavy atom. The Morgan fingerprint density at radius 3 is 1.94 bits per heavy atom. The number of hydrogen-bond acceptors (Lipinski definition) is 7. The molecule has 12 heteroatoms. The standard InChI is InChI=1S/C22H42N6O6/c1-5-13(4)18(28-19(30)14(24)10-12(2)3)21(32)27-16(11-17(25)29)20(31)26-15(22(33)34)8-6-7-9-23/h12-16,18H,5-11,23-24H2,1-4H3,(H2,25,29)(H,26,31)(H,27,32)(H,28,30)(H,33,34). The summed E-state index contributed by atoms with van der Waals surface area (Å²) in [4.78, 5) is 61.3. The summed E-state index contributed by atoms with van der Waals surface area (Å²) in [7, 11) is 0. The number of hydrogen-bond donors (Lipinski definition) is 7. The Hall–Kier alpha value is -2.73. The van der Waals surface area contributed by atoms with Gasteiger partial charge in [0.05, 0.1) is 12.5 Å². The number of aliphatic carboxylic acids is 1. The maximum Gasteiger partial charge on any atom is 0.326 e. The molecule has 12 nitrogen and oxygen atoms in total. The predicted octanol–water partition coefficient (Wildman–Crippen LogP) is -1.05. The van der Waals surface area contributed by atoms with E-state index < -0.39 is 60.2 Å². The maximum absolute atomic E-state index is 13.0. The molecule has 0 spiro atoms. The third-order valence-corrected chi connectivity index (χ3v) is 5.46. The van der Waals surface area contributed by atoms with Crippen LogP contribution in [0.3, 0.4) is 0 Å². The van der Waals surface area contributed by atoms with Gasteiger partial charge < -0.3 is 38.3 Å². The summed E-state index contributed by atoms with van der Waals surface area (Å²) in [5.41, 5.74) is 16.6. The number of carboxylic acids is 1. The van der Waals surface area contributed by atoms with Crippen molar-refractivity contribution >= 4 is 29.6 Å². The SMILES string of the molecule is CCC(C)C(NC(=O)C(N)CC(C)C)C(=O)NC(CC(N)=O)C(=O)NC(CCCCN)C(=O)O. The molecule has 0 rings (SSSR count). The van der Waals surface area contributed by atoms with Gasteiger partial charge >= 0.3 is 5.97 Å². The molecular formula is C22H42N6O6. The number of carbonyl (C=O) groups excluding carboxylic acids is 4. The van der Waals surface area contributed by atoms with Gasteiger partial charge in [0.2, 0.25) is 23.6 Å². The molecule has 10 N–H and O–H groups in total. The molecule has 0 aromatic carbocycles. The Labute approximate surface area is 201 Å². The van der Waals surface area contributed by atoms with Gasteiger partial charge in [0.15, 0.2) is 0 Å². The van der Waals surface area contributed by atoms with Gasteiger partial charge in [0.25, 0.3) is 0 Å². The van der Waals surface area contributed by atoms with Gasteiger partial charge in [0, 0.05) is 0 Å². The number of primary amides is 1. The molecule has 0 aliphatic rings. The minimum absolute atomic E-state index is 0.134. The van der Waals surface area contributed by atoms with Gasteiger partial charge in [-0.3, -0.25) is 19.2 Å². The van der Waals surface area contributed by atoms with Gasteiger partial charge in [-0.05, 0) is 44.1 Å². The second-order valence-corrected chi connectivity index (χ2v) is 9.02. The van der Waals surface area contributed by atoms with Gasteiger partial charge in [-0.25, -0.2) is 4.79 Å². The topological polar surface area (TPSA) is 220 Å². The summed E-state index contributed by atoms with van der Waals surface area (Å²) >= 11 is 0. The lowest BCUT2D eigenvalue weighted by molar-refractivity contribution is -0.142. The van der Waals surface area contributed by atoms with Crippen molar-refractivity contribution in [3.05, 3.63) is 0 Å². The second kappa shape index (κ2) is 16.0. The number of carbonyl (C=O) groups is 5. The first-order valence-electron chi connectivity index (χ1n) is 11.7. The fraction of sp³-hybridized carbons (Fsp3) is 0.773. The average molecular weight is 487 g/mol. The van der Waals surface area contributed by atoms with Crippen molar-refractivity contribution in [2.75, 3.05) is 6.54 Å². The third kappa shape index (κ3) is 11.9. The molecule has 0 radical (unpaired) electrons. The summed E-state index contributed by atoms with van der Waals surface area (Å²) < 4.78 is 0. The summed E-state index contributed by atoms with van der Waals surface area (Å²) in [6.45, 7) is 7.79. The summed E-state index contributed by atoms with van der Waals surface area (Å²) in [5, 5.41) is 16.8. The van der Waals surface area contributed by atoms with Crippen molar-refractivity contribution in [2.24, 2.45) is 29.0 Å². The Kier molecular flexibility index (Phi) is 14.7. The monoisotopic (exact) mass is 486 g/mol. The molecule has 0 saturated carbocycles. The number of nitrogens with one attached hydrogen (secondary N) is 3. The van der Waals surface area contributed by atoms with E-state index in [9.17, 15) is 29.1 Å². The van der Waals surface area contributed by atoms with Crippen molar-refractivity contribution in [1.29, 1.82) is 0 Å². The molecule has 0 aromatic rings. The van der Waals surface area contributed by atoms with Crippen molar-refractivity contribution in [3.63, 3.8) is 0 Å². The van der Waals surface area contributed by atoms with Crippen LogP contribution in [0.1, 0.15) is 66.2 Å². The van der Waals surface area contributed by atoms with Crippen LogP contribution in [0.5, 0.6) is 0 Å². The van der Waals surface area contributed by atoms with E-state index in [4.69, 9.17) is 17.2 Å². The normalized spacial score (nSPS) is 15.5. The van der Waals surface area contributed by atoms with E-state index in [0.29, 0.717) is 32.2 Å². The lowest BCUT2D eigenvalue weighted by Gasteiger charge is -2.28. The minimum atomic E-state index is -1.41. The highest BCUT2D eigenvalue weighted by Gasteiger charge is 2.33. The van der Waals surface area contributed by atoms with E-state index in [0.717, 1.165) is 0 Å². The fourth-order valence-corrected chi connectivity index (χ4v) is 3.27. The Morgan fingerprint density at radius 1 is 0.882 bits per heavy atom. The highest BCUT2D eigenvalue weighted by molar-refractivity contribution is 5.96. The van der Waals surface area contributed by atoms with Crippen LogP contribution in [0.4, 0.5) is 0 Å². The lowest BCUT2D eigenvalue weighted by atomic mass is 9.96. The van der Waals surface area contributed by atoms with Crippen LogP contribution >= 0.6 is 0 Å². The fourth-order valence-electron chi connectivity index (χ4n) is 3.27. The molecule has 34 heavy (non-hydrogen) atoms. The molecule has 0 saturated heterocycles. The van der Waals surface area contributed by atoms with Crippen molar-refractivity contribution in [3.8, 4) is 0 Å². The molecule has 4 amide bonds. The molecule has 0 aromatic heterocycles. The molecule has 5 unspecified atom stereocenters. The lowest BCUT2D eigenvalue weighted by Crippen LogP contribution is -2.59. The molecule has 0 aliphatic heterocycles. The van der Waals surface area contributed by atoms with Crippen LogP contribution in [0.15, 0.2) is 0 Å². The van der Waals surface area contributed by atoms with Gasteiger partial charge in [-0.2, -0.15) is 0 Å². The predicted molar refractivity (Wildman–Crippen MR) is 127 cm³/mol. The van der Waals surface area contributed by atoms with Crippen LogP contribution in [-0.4, -0.2) is 65.4 Å². The number of carboxylic acid groups (broad SMARTS) is 1. The summed E-state index contributed by atoms with van der Waals surface area (Å²) in [6, 6.07) is -4.45. The quantitative estimate of drug-likeness (QED) is 0.125.